The van der Waals surface area contributed by atoms with Crippen molar-refractivity contribution in [2.24, 2.45) is 0 Å². The van der Waals surface area contributed by atoms with Gasteiger partial charge < -0.3 is 4.90 Å². The quantitative estimate of drug-likeness (QED) is 0.791. The molecule has 0 unspecified atom stereocenters. The van der Waals surface area contributed by atoms with Crippen molar-refractivity contribution in [1.29, 1.82) is 0 Å². The van der Waals surface area contributed by atoms with Crippen molar-refractivity contribution in [3.63, 3.8) is 0 Å². The van der Waals surface area contributed by atoms with E-state index in [0.717, 1.165) is 48.7 Å². The Hall–Kier alpha value is -0.960. The summed E-state index contributed by atoms with van der Waals surface area (Å²) in [5, 5.41) is 0. The van der Waals surface area contributed by atoms with Gasteiger partial charge in [0.25, 0.3) is 0 Å². The van der Waals surface area contributed by atoms with Crippen LogP contribution >= 0.6 is 11.3 Å². The first-order valence-electron chi connectivity index (χ1n) is 8.95. The van der Waals surface area contributed by atoms with E-state index < -0.39 is 10.0 Å². The molecular weight excluding hydrogens is 358 g/mol. The lowest BCUT2D eigenvalue weighted by atomic mass is 10.3. The van der Waals surface area contributed by atoms with E-state index in [0.29, 0.717) is 31.1 Å². The predicted molar refractivity (Wildman–Crippen MR) is 99.4 cm³/mol. The van der Waals surface area contributed by atoms with E-state index in [1.165, 1.54) is 11.3 Å². The number of thiophene rings is 1. The minimum atomic E-state index is -3.44. The molecule has 1 aromatic heterocycles. The number of carbonyl (C=O) groups is 1. The molecule has 1 amide bonds. The molecule has 2 saturated heterocycles. The Morgan fingerprint density at radius 2 is 1.76 bits per heavy atom. The number of carbonyl (C=O) groups excluding carboxylic acids is 1. The first-order valence-corrected chi connectivity index (χ1v) is 11.2. The Kier molecular flexibility index (Phi) is 5.82. The third kappa shape index (κ3) is 4.24. The van der Waals surface area contributed by atoms with Crippen molar-refractivity contribution < 1.29 is 13.2 Å². The first-order chi connectivity index (χ1) is 11.9. The zero-order valence-electron chi connectivity index (χ0n) is 15.0. The van der Waals surface area contributed by atoms with Gasteiger partial charge in [-0.25, -0.2) is 8.42 Å². The Bertz CT molecular complexity index is 723. The van der Waals surface area contributed by atoms with Crippen molar-refractivity contribution in [3.8, 4) is 0 Å². The Labute approximate surface area is 154 Å². The van der Waals surface area contributed by atoms with Gasteiger partial charge in [-0.15, -0.1) is 11.3 Å². The molecule has 3 heterocycles. The van der Waals surface area contributed by atoms with E-state index in [1.807, 2.05) is 18.7 Å². The molecule has 140 valence electrons. The molecule has 6 nitrogen and oxygen atoms in total. The molecular formula is C17H27N3O3S2. The molecule has 1 aromatic rings. The third-order valence-electron chi connectivity index (χ3n) is 4.98. The van der Waals surface area contributed by atoms with Crippen LogP contribution in [0.3, 0.4) is 0 Å². The van der Waals surface area contributed by atoms with Gasteiger partial charge in [0.2, 0.25) is 15.9 Å². The smallest absolute Gasteiger partial charge is 0.244 e. The summed E-state index contributed by atoms with van der Waals surface area (Å²) in [6, 6.07) is 1.77. The Balaban J connectivity index is 1.63. The molecule has 0 bridgehead atoms. The van der Waals surface area contributed by atoms with Crippen LogP contribution in [0.25, 0.3) is 0 Å². The van der Waals surface area contributed by atoms with Gasteiger partial charge in [-0.05, 0) is 45.7 Å². The zero-order chi connectivity index (χ0) is 18.0. The maximum atomic E-state index is 13.0. The molecule has 0 atom stereocenters. The molecule has 3 rings (SSSR count). The third-order valence-corrected chi connectivity index (χ3v) is 8.10. The van der Waals surface area contributed by atoms with Gasteiger partial charge in [0.15, 0.2) is 0 Å². The number of hydrogen-bond donors (Lipinski definition) is 0. The average Bonchev–Trinajstić information content (AvgIpc) is 3.13. The average molecular weight is 386 g/mol. The summed E-state index contributed by atoms with van der Waals surface area (Å²) in [6.45, 7) is 8.29. The standard InChI is InChI=1S/C17H27N3O3S2/c1-14-12-16(15(2)24-14)25(22,23)20-9-5-6-18(10-11-20)13-17(21)19-7-3-4-8-19/h12H,3-11,13H2,1-2H3. The van der Waals surface area contributed by atoms with Crippen LogP contribution in [0, 0.1) is 13.8 Å². The highest BCUT2D eigenvalue weighted by Crippen LogP contribution is 2.28. The highest BCUT2D eigenvalue weighted by Gasteiger charge is 2.30. The highest BCUT2D eigenvalue weighted by molar-refractivity contribution is 7.89. The largest absolute Gasteiger partial charge is 0.342 e. The fourth-order valence-corrected chi connectivity index (χ4v) is 6.60. The van der Waals surface area contributed by atoms with E-state index in [4.69, 9.17) is 0 Å². The van der Waals surface area contributed by atoms with Crippen LogP contribution < -0.4 is 0 Å². The van der Waals surface area contributed by atoms with Gasteiger partial charge in [0.05, 0.1) is 11.4 Å². The SMILES string of the molecule is Cc1cc(S(=O)(=O)N2CCCN(CC(=O)N3CCCC3)CC2)c(C)s1. The van der Waals surface area contributed by atoms with Crippen molar-refractivity contribution in [2.45, 2.75) is 38.0 Å². The predicted octanol–water partition coefficient (Wildman–Crippen LogP) is 1.68. The van der Waals surface area contributed by atoms with Crippen LogP contribution in [0.15, 0.2) is 11.0 Å². The lowest BCUT2D eigenvalue weighted by Crippen LogP contribution is -2.41. The maximum Gasteiger partial charge on any atom is 0.244 e. The molecule has 2 aliphatic rings. The van der Waals surface area contributed by atoms with E-state index in [2.05, 4.69) is 4.90 Å². The van der Waals surface area contributed by atoms with Crippen LogP contribution in [-0.4, -0.2) is 74.2 Å². The summed E-state index contributed by atoms with van der Waals surface area (Å²) < 4.78 is 27.5. The van der Waals surface area contributed by atoms with Gasteiger partial charge in [-0.1, -0.05) is 0 Å². The molecule has 0 N–H and O–H groups in total. The summed E-state index contributed by atoms with van der Waals surface area (Å²) in [6.07, 6.45) is 2.95. The number of hydrogen-bond acceptors (Lipinski definition) is 5. The molecule has 0 aliphatic carbocycles. The summed E-state index contributed by atoms with van der Waals surface area (Å²) >= 11 is 1.52. The van der Waals surface area contributed by atoms with E-state index in [1.54, 1.807) is 10.4 Å². The fraction of sp³-hybridized carbons (Fsp3) is 0.706. The van der Waals surface area contributed by atoms with Gasteiger partial charge in [0, 0.05) is 42.5 Å². The summed E-state index contributed by atoms with van der Waals surface area (Å²) in [7, 11) is -3.44. The number of likely N-dealkylation sites (tertiary alicyclic amines) is 1. The summed E-state index contributed by atoms with van der Waals surface area (Å²) in [5.74, 6) is 0.179. The summed E-state index contributed by atoms with van der Waals surface area (Å²) in [5.41, 5.74) is 0. The van der Waals surface area contributed by atoms with Gasteiger partial charge in [-0.2, -0.15) is 4.31 Å². The number of nitrogens with zero attached hydrogens (tertiary/aromatic N) is 3. The second-order valence-electron chi connectivity index (χ2n) is 6.90. The lowest BCUT2D eigenvalue weighted by Gasteiger charge is -2.23. The number of sulfonamides is 1. The molecule has 0 spiro atoms. The molecule has 2 aliphatic heterocycles. The fourth-order valence-electron chi connectivity index (χ4n) is 3.61. The monoisotopic (exact) mass is 385 g/mol. The van der Waals surface area contributed by atoms with Crippen LogP contribution in [0.4, 0.5) is 0 Å². The van der Waals surface area contributed by atoms with Crippen molar-refractivity contribution in [2.75, 3.05) is 45.8 Å². The van der Waals surface area contributed by atoms with Crippen LogP contribution in [0.1, 0.15) is 29.0 Å². The number of amides is 1. The van der Waals surface area contributed by atoms with Gasteiger partial charge >= 0.3 is 0 Å². The van der Waals surface area contributed by atoms with Crippen LogP contribution in [0.5, 0.6) is 0 Å². The number of rotatable bonds is 4. The second-order valence-corrected chi connectivity index (χ2v) is 10.3. The zero-order valence-corrected chi connectivity index (χ0v) is 16.7. The van der Waals surface area contributed by atoms with E-state index in [9.17, 15) is 13.2 Å². The van der Waals surface area contributed by atoms with Crippen LogP contribution in [0.2, 0.25) is 0 Å². The molecule has 25 heavy (non-hydrogen) atoms. The Morgan fingerprint density at radius 3 is 2.40 bits per heavy atom. The normalized spacial score (nSPS) is 20.8. The first kappa shape index (κ1) is 18.8. The van der Waals surface area contributed by atoms with Gasteiger partial charge in [-0.3, -0.25) is 9.69 Å². The molecule has 0 radical (unpaired) electrons. The van der Waals surface area contributed by atoms with E-state index >= 15 is 0 Å². The molecule has 0 saturated carbocycles. The van der Waals surface area contributed by atoms with Crippen molar-refractivity contribution in [1.82, 2.24) is 14.1 Å². The lowest BCUT2D eigenvalue weighted by molar-refractivity contribution is -0.131. The minimum Gasteiger partial charge on any atom is -0.342 e. The highest BCUT2D eigenvalue weighted by atomic mass is 32.2. The summed E-state index contributed by atoms with van der Waals surface area (Å²) in [4.78, 5) is 18.7. The van der Waals surface area contributed by atoms with Crippen molar-refractivity contribution >= 4 is 27.3 Å². The van der Waals surface area contributed by atoms with Crippen molar-refractivity contribution in [3.05, 3.63) is 15.8 Å². The topological polar surface area (TPSA) is 60.9 Å². The molecule has 8 heteroatoms. The molecule has 0 aromatic carbocycles. The van der Waals surface area contributed by atoms with Gasteiger partial charge in [0.1, 0.15) is 0 Å². The minimum absolute atomic E-state index is 0.179. The number of aryl methyl sites for hydroxylation is 2. The Morgan fingerprint density at radius 1 is 1.04 bits per heavy atom. The maximum absolute atomic E-state index is 13.0. The van der Waals surface area contributed by atoms with E-state index in [-0.39, 0.29) is 5.91 Å². The van der Waals surface area contributed by atoms with Crippen LogP contribution in [-0.2, 0) is 14.8 Å². The molecule has 2 fully saturated rings. The second kappa shape index (κ2) is 7.73.